The summed E-state index contributed by atoms with van der Waals surface area (Å²) in [6.07, 6.45) is 0.823. The quantitative estimate of drug-likeness (QED) is 0.782. The highest BCUT2D eigenvalue weighted by Crippen LogP contribution is 2.32. The van der Waals surface area contributed by atoms with E-state index in [-0.39, 0.29) is 17.1 Å². The zero-order chi connectivity index (χ0) is 18.3. The van der Waals surface area contributed by atoms with E-state index in [9.17, 15) is 9.59 Å². The van der Waals surface area contributed by atoms with E-state index in [4.69, 9.17) is 9.15 Å². The predicted molar refractivity (Wildman–Crippen MR) is 98.8 cm³/mol. The predicted octanol–water partition coefficient (Wildman–Crippen LogP) is 3.59. The average molecular weight is 349 g/mol. The normalized spacial score (nSPS) is 15.8. The maximum absolute atomic E-state index is 13.1. The molecule has 1 aliphatic rings. The highest BCUT2D eigenvalue weighted by Gasteiger charge is 2.36. The molecule has 5 nitrogen and oxygen atoms in total. The van der Waals surface area contributed by atoms with Gasteiger partial charge in [0.1, 0.15) is 11.3 Å². The van der Waals surface area contributed by atoms with Crippen LogP contribution in [0.5, 0.6) is 5.75 Å². The standard InChI is InChI=1S/C21H19NO4/c1-3-12-8-9-16-15(10-12)19(23)17-18(22-21(24)20(17)26-16)13-6-5-7-14(11-13)25-4-2/h5-11,18H,3-4H2,1-2H3,(H,22,24). The van der Waals surface area contributed by atoms with Gasteiger partial charge in [-0.2, -0.15) is 0 Å². The molecule has 0 saturated carbocycles. The molecule has 0 radical (unpaired) electrons. The molecule has 0 spiro atoms. The molecule has 1 amide bonds. The summed E-state index contributed by atoms with van der Waals surface area (Å²) < 4.78 is 11.3. The van der Waals surface area contributed by atoms with Gasteiger partial charge in [0.05, 0.1) is 23.6 Å². The lowest BCUT2D eigenvalue weighted by molar-refractivity contribution is 0.0938. The van der Waals surface area contributed by atoms with Crippen molar-refractivity contribution in [2.75, 3.05) is 6.61 Å². The van der Waals surface area contributed by atoms with Crippen molar-refractivity contribution in [3.05, 3.63) is 75.1 Å². The lowest BCUT2D eigenvalue weighted by Gasteiger charge is -2.13. The number of carbonyl (C=O) groups excluding carboxylic acids is 1. The molecule has 3 aromatic rings. The monoisotopic (exact) mass is 349 g/mol. The largest absolute Gasteiger partial charge is 0.494 e. The van der Waals surface area contributed by atoms with Gasteiger partial charge in [0, 0.05) is 0 Å². The SMILES string of the molecule is CCOc1cccc(C2NC(=O)c3oc4ccc(CC)cc4c(=O)c32)c1. The topological polar surface area (TPSA) is 68.5 Å². The van der Waals surface area contributed by atoms with E-state index in [1.54, 1.807) is 6.07 Å². The Balaban J connectivity index is 1.91. The van der Waals surface area contributed by atoms with Crippen molar-refractivity contribution in [3.8, 4) is 5.75 Å². The molecule has 4 rings (SSSR count). The number of hydrogen-bond acceptors (Lipinski definition) is 4. The van der Waals surface area contributed by atoms with E-state index in [1.165, 1.54) is 0 Å². The molecule has 1 unspecified atom stereocenters. The number of ether oxygens (including phenoxy) is 1. The van der Waals surface area contributed by atoms with E-state index in [2.05, 4.69) is 5.32 Å². The van der Waals surface area contributed by atoms with Crippen LogP contribution in [0.1, 0.15) is 47.1 Å². The molecule has 2 heterocycles. The minimum absolute atomic E-state index is 0.0959. The van der Waals surface area contributed by atoms with Crippen molar-refractivity contribution in [3.63, 3.8) is 0 Å². The Morgan fingerprint density at radius 1 is 1.12 bits per heavy atom. The van der Waals surface area contributed by atoms with Crippen LogP contribution in [0.15, 0.2) is 51.7 Å². The van der Waals surface area contributed by atoms with Gasteiger partial charge >= 0.3 is 0 Å². The summed E-state index contributed by atoms with van der Waals surface area (Å²) in [7, 11) is 0. The summed E-state index contributed by atoms with van der Waals surface area (Å²) in [5.41, 5.74) is 2.48. The van der Waals surface area contributed by atoms with Crippen LogP contribution in [-0.2, 0) is 6.42 Å². The first-order chi connectivity index (χ1) is 12.6. The minimum Gasteiger partial charge on any atom is -0.494 e. The first kappa shape index (κ1) is 16.4. The van der Waals surface area contributed by atoms with Crippen LogP contribution in [0.2, 0.25) is 0 Å². The molecule has 1 aromatic heterocycles. The Hall–Kier alpha value is -3.08. The van der Waals surface area contributed by atoms with Crippen LogP contribution in [0.25, 0.3) is 11.0 Å². The van der Waals surface area contributed by atoms with Crippen LogP contribution in [-0.4, -0.2) is 12.5 Å². The summed E-state index contributed by atoms with van der Waals surface area (Å²) in [5.74, 6) is 0.426. The molecular formula is C21H19NO4. The highest BCUT2D eigenvalue weighted by molar-refractivity contribution is 5.99. The Morgan fingerprint density at radius 3 is 2.73 bits per heavy atom. The lowest BCUT2D eigenvalue weighted by Crippen LogP contribution is -2.22. The number of amides is 1. The van der Waals surface area contributed by atoms with Gasteiger partial charge in [-0.1, -0.05) is 25.1 Å². The fourth-order valence-electron chi connectivity index (χ4n) is 3.38. The van der Waals surface area contributed by atoms with Gasteiger partial charge in [-0.15, -0.1) is 0 Å². The second kappa shape index (κ2) is 6.33. The fraction of sp³-hybridized carbons (Fsp3) is 0.238. The molecule has 0 saturated heterocycles. The third-order valence-corrected chi connectivity index (χ3v) is 4.67. The Kier molecular flexibility index (Phi) is 3.99. The van der Waals surface area contributed by atoms with Crippen molar-refractivity contribution >= 4 is 16.9 Å². The highest BCUT2D eigenvalue weighted by atomic mass is 16.5. The Labute approximate surface area is 150 Å². The number of rotatable bonds is 4. The maximum atomic E-state index is 13.1. The number of benzene rings is 2. The first-order valence-electron chi connectivity index (χ1n) is 8.75. The van der Waals surface area contributed by atoms with Gasteiger partial charge < -0.3 is 14.5 Å². The zero-order valence-corrected chi connectivity index (χ0v) is 14.7. The van der Waals surface area contributed by atoms with Crippen LogP contribution in [0.4, 0.5) is 0 Å². The molecule has 26 heavy (non-hydrogen) atoms. The van der Waals surface area contributed by atoms with Crippen molar-refractivity contribution in [2.45, 2.75) is 26.3 Å². The van der Waals surface area contributed by atoms with Gasteiger partial charge in [-0.25, -0.2) is 0 Å². The second-order valence-electron chi connectivity index (χ2n) is 6.27. The molecule has 2 aromatic carbocycles. The van der Waals surface area contributed by atoms with Crippen molar-refractivity contribution < 1.29 is 13.9 Å². The third kappa shape index (κ3) is 2.56. The zero-order valence-electron chi connectivity index (χ0n) is 14.7. The van der Waals surface area contributed by atoms with E-state index in [0.717, 1.165) is 17.5 Å². The Morgan fingerprint density at radius 2 is 1.96 bits per heavy atom. The van der Waals surface area contributed by atoms with Gasteiger partial charge in [0.2, 0.25) is 5.76 Å². The molecule has 1 atom stereocenters. The number of aryl methyl sites for hydroxylation is 1. The van der Waals surface area contributed by atoms with Crippen molar-refractivity contribution in [1.29, 1.82) is 0 Å². The van der Waals surface area contributed by atoms with Crippen molar-refractivity contribution in [2.24, 2.45) is 0 Å². The summed E-state index contributed by atoms with van der Waals surface area (Å²) in [6.45, 7) is 4.48. The number of fused-ring (bicyclic) bond motifs is 2. The minimum atomic E-state index is -0.538. The van der Waals surface area contributed by atoms with Gasteiger partial charge in [-0.3, -0.25) is 9.59 Å². The molecule has 5 heteroatoms. The number of nitrogens with one attached hydrogen (secondary N) is 1. The van der Waals surface area contributed by atoms with Crippen LogP contribution in [0.3, 0.4) is 0 Å². The van der Waals surface area contributed by atoms with Crippen molar-refractivity contribution in [1.82, 2.24) is 5.32 Å². The number of carbonyl (C=O) groups is 1. The second-order valence-corrected chi connectivity index (χ2v) is 6.27. The first-order valence-corrected chi connectivity index (χ1v) is 8.75. The van der Waals surface area contributed by atoms with Crippen LogP contribution < -0.4 is 15.5 Å². The molecule has 0 aliphatic carbocycles. The molecule has 0 fully saturated rings. The number of hydrogen-bond donors (Lipinski definition) is 1. The molecule has 1 aliphatic heterocycles. The molecule has 0 bridgehead atoms. The van der Waals surface area contributed by atoms with Crippen LogP contribution in [0, 0.1) is 0 Å². The summed E-state index contributed by atoms with van der Waals surface area (Å²) in [4.78, 5) is 25.5. The average Bonchev–Trinajstić information content (AvgIpc) is 2.99. The van der Waals surface area contributed by atoms with E-state index >= 15 is 0 Å². The molecule has 132 valence electrons. The maximum Gasteiger partial charge on any atom is 0.288 e. The van der Waals surface area contributed by atoms with Gasteiger partial charge in [0.25, 0.3) is 5.91 Å². The van der Waals surface area contributed by atoms with E-state index in [1.807, 2.05) is 50.2 Å². The summed E-state index contributed by atoms with van der Waals surface area (Å²) in [5, 5.41) is 3.37. The smallest absolute Gasteiger partial charge is 0.288 e. The third-order valence-electron chi connectivity index (χ3n) is 4.67. The van der Waals surface area contributed by atoms with E-state index in [0.29, 0.717) is 28.9 Å². The van der Waals surface area contributed by atoms with Crippen LogP contribution >= 0.6 is 0 Å². The molecular weight excluding hydrogens is 330 g/mol. The van der Waals surface area contributed by atoms with E-state index < -0.39 is 6.04 Å². The summed E-state index contributed by atoms with van der Waals surface area (Å²) >= 11 is 0. The Bertz CT molecular complexity index is 1070. The van der Waals surface area contributed by atoms with Gasteiger partial charge in [0.15, 0.2) is 5.43 Å². The molecule has 1 N–H and O–H groups in total. The lowest BCUT2D eigenvalue weighted by atomic mass is 9.98. The summed E-state index contributed by atoms with van der Waals surface area (Å²) in [6, 6.07) is 12.4. The fourth-order valence-corrected chi connectivity index (χ4v) is 3.38. The van der Waals surface area contributed by atoms with Gasteiger partial charge in [-0.05, 0) is 48.7 Å².